The van der Waals surface area contributed by atoms with Gasteiger partial charge in [-0.3, -0.25) is 0 Å². The largest absolute Gasteiger partial charge is 0.398 e. The second-order valence-corrected chi connectivity index (χ2v) is 4.40. The molecule has 0 saturated carbocycles. The summed E-state index contributed by atoms with van der Waals surface area (Å²) in [6.45, 7) is 0. The van der Waals surface area contributed by atoms with Crippen molar-refractivity contribution >= 4 is 21.6 Å². The van der Waals surface area contributed by atoms with E-state index in [-0.39, 0.29) is 5.56 Å². The van der Waals surface area contributed by atoms with Crippen molar-refractivity contribution in [3.63, 3.8) is 0 Å². The molecule has 0 atom stereocenters. The van der Waals surface area contributed by atoms with Gasteiger partial charge in [-0.2, -0.15) is 0 Å². The van der Waals surface area contributed by atoms with Crippen LogP contribution in [0.4, 0.5) is 18.9 Å². The molecule has 2 N–H and O–H groups in total. The van der Waals surface area contributed by atoms with Gasteiger partial charge in [-0.25, -0.2) is 13.2 Å². The van der Waals surface area contributed by atoms with Crippen molar-refractivity contribution in [2.24, 2.45) is 0 Å². The molecule has 1 nitrogen and oxygen atoms in total. The fourth-order valence-electron chi connectivity index (χ4n) is 1.49. The van der Waals surface area contributed by atoms with Gasteiger partial charge in [0.2, 0.25) is 0 Å². The van der Waals surface area contributed by atoms with Crippen molar-refractivity contribution in [3.8, 4) is 11.1 Å². The Morgan fingerprint density at radius 1 is 0.941 bits per heavy atom. The molecule has 0 unspecified atom stereocenters. The highest BCUT2D eigenvalue weighted by Gasteiger charge is 2.13. The zero-order chi connectivity index (χ0) is 12.6. The lowest BCUT2D eigenvalue weighted by Crippen LogP contribution is -1.95. The second kappa shape index (κ2) is 4.41. The third-order valence-corrected chi connectivity index (χ3v) is 2.80. The highest BCUT2D eigenvalue weighted by atomic mass is 79.9. The van der Waals surface area contributed by atoms with Crippen LogP contribution in [-0.2, 0) is 0 Å². The van der Waals surface area contributed by atoms with Crippen LogP contribution in [0.1, 0.15) is 0 Å². The highest BCUT2D eigenvalue weighted by molar-refractivity contribution is 9.10. The molecule has 0 aromatic heterocycles. The summed E-state index contributed by atoms with van der Waals surface area (Å²) in [5, 5.41) is 0. The topological polar surface area (TPSA) is 26.0 Å². The number of halogens is 4. The molecule has 2 aromatic rings. The molecule has 0 heterocycles. The van der Waals surface area contributed by atoms with Crippen molar-refractivity contribution in [3.05, 3.63) is 52.3 Å². The van der Waals surface area contributed by atoms with Gasteiger partial charge in [-0.1, -0.05) is 15.9 Å². The predicted molar refractivity (Wildman–Crippen MR) is 63.9 cm³/mol. The molecule has 0 saturated heterocycles. The summed E-state index contributed by atoms with van der Waals surface area (Å²) in [4.78, 5) is 0. The fraction of sp³-hybridized carbons (Fsp3) is 0. The third kappa shape index (κ3) is 2.29. The summed E-state index contributed by atoms with van der Waals surface area (Å²) in [5.41, 5.74) is 6.70. The van der Waals surface area contributed by atoms with Gasteiger partial charge in [0.05, 0.1) is 0 Å². The van der Waals surface area contributed by atoms with Crippen LogP contribution >= 0.6 is 15.9 Å². The van der Waals surface area contributed by atoms with E-state index in [4.69, 9.17) is 5.73 Å². The molecular formula is C12H7BrF3N. The van der Waals surface area contributed by atoms with Gasteiger partial charge in [0.15, 0.2) is 17.5 Å². The first-order valence-corrected chi connectivity index (χ1v) is 5.48. The number of nitrogen functional groups attached to an aromatic ring is 1. The Balaban J connectivity index is 2.64. The minimum atomic E-state index is -1.48. The van der Waals surface area contributed by atoms with Gasteiger partial charge in [-0.05, 0) is 35.9 Å². The Bertz CT molecular complexity index is 561. The van der Waals surface area contributed by atoms with Crippen LogP contribution in [0.2, 0.25) is 0 Å². The van der Waals surface area contributed by atoms with Crippen molar-refractivity contribution in [2.75, 3.05) is 5.73 Å². The Hall–Kier alpha value is -1.49. The number of hydrogen-bond donors (Lipinski definition) is 1. The lowest BCUT2D eigenvalue weighted by Gasteiger charge is -2.07. The Kier molecular flexibility index (Phi) is 3.11. The monoisotopic (exact) mass is 301 g/mol. The molecule has 0 aliphatic heterocycles. The van der Waals surface area contributed by atoms with Crippen LogP contribution in [0.15, 0.2) is 34.8 Å². The van der Waals surface area contributed by atoms with E-state index in [9.17, 15) is 13.2 Å². The van der Waals surface area contributed by atoms with E-state index >= 15 is 0 Å². The Morgan fingerprint density at radius 3 is 2.12 bits per heavy atom. The molecule has 0 bridgehead atoms. The fourth-order valence-corrected chi connectivity index (χ4v) is 1.85. The molecule has 0 radical (unpaired) electrons. The summed E-state index contributed by atoms with van der Waals surface area (Å²) in [7, 11) is 0. The summed E-state index contributed by atoms with van der Waals surface area (Å²) in [6, 6.07) is 6.74. The number of nitrogens with two attached hydrogens (primary N) is 1. The van der Waals surface area contributed by atoms with E-state index in [0.717, 1.165) is 12.1 Å². The van der Waals surface area contributed by atoms with E-state index in [1.54, 1.807) is 18.2 Å². The average molecular weight is 302 g/mol. The summed E-state index contributed by atoms with van der Waals surface area (Å²) < 4.78 is 39.7. The number of hydrogen-bond acceptors (Lipinski definition) is 1. The summed E-state index contributed by atoms with van der Waals surface area (Å²) >= 11 is 3.23. The molecule has 2 aromatic carbocycles. The van der Waals surface area contributed by atoms with Crippen LogP contribution < -0.4 is 5.73 Å². The maximum Gasteiger partial charge on any atom is 0.194 e. The molecule has 0 aliphatic rings. The summed E-state index contributed by atoms with van der Waals surface area (Å²) in [5.74, 6) is -3.96. The molecule has 0 fully saturated rings. The molecular weight excluding hydrogens is 295 g/mol. The van der Waals surface area contributed by atoms with Crippen molar-refractivity contribution in [1.82, 2.24) is 0 Å². The zero-order valence-corrected chi connectivity index (χ0v) is 10.1. The molecule has 2 rings (SSSR count). The quantitative estimate of drug-likeness (QED) is 0.622. The first-order chi connectivity index (χ1) is 7.99. The first-order valence-electron chi connectivity index (χ1n) is 4.69. The van der Waals surface area contributed by atoms with Crippen LogP contribution in [0, 0.1) is 17.5 Å². The van der Waals surface area contributed by atoms with Crippen molar-refractivity contribution in [2.45, 2.75) is 0 Å². The lowest BCUT2D eigenvalue weighted by atomic mass is 10.0. The van der Waals surface area contributed by atoms with Crippen LogP contribution in [0.5, 0.6) is 0 Å². The highest BCUT2D eigenvalue weighted by Crippen LogP contribution is 2.30. The average Bonchev–Trinajstić information content (AvgIpc) is 2.28. The second-order valence-electron chi connectivity index (χ2n) is 3.49. The van der Waals surface area contributed by atoms with Gasteiger partial charge in [0.25, 0.3) is 0 Å². The Morgan fingerprint density at radius 2 is 1.53 bits per heavy atom. The normalized spacial score (nSPS) is 10.6. The number of rotatable bonds is 1. The van der Waals surface area contributed by atoms with Crippen LogP contribution in [0.25, 0.3) is 11.1 Å². The third-order valence-electron chi connectivity index (χ3n) is 2.31. The van der Waals surface area contributed by atoms with E-state index in [0.29, 0.717) is 15.7 Å². The number of benzene rings is 2. The molecule has 0 spiro atoms. The molecule has 17 heavy (non-hydrogen) atoms. The minimum absolute atomic E-state index is 0.195. The van der Waals surface area contributed by atoms with Gasteiger partial charge in [-0.15, -0.1) is 0 Å². The van der Waals surface area contributed by atoms with Gasteiger partial charge < -0.3 is 5.73 Å². The van der Waals surface area contributed by atoms with Gasteiger partial charge in [0.1, 0.15) is 0 Å². The summed E-state index contributed by atoms with van der Waals surface area (Å²) in [6.07, 6.45) is 0. The minimum Gasteiger partial charge on any atom is -0.398 e. The molecule has 0 amide bonds. The van der Waals surface area contributed by atoms with Gasteiger partial charge >= 0.3 is 0 Å². The zero-order valence-electron chi connectivity index (χ0n) is 8.48. The lowest BCUT2D eigenvalue weighted by molar-refractivity contribution is 0.448. The molecule has 88 valence electrons. The maximum atomic E-state index is 13.1. The predicted octanol–water partition coefficient (Wildman–Crippen LogP) is 4.12. The SMILES string of the molecule is Nc1ccc(Br)cc1-c1cc(F)c(F)c(F)c1. The first kappa shape index (κ1) is 12.0. The van der Waals surface area contributed by atoms with Gasteiger partial charge in [0, 0.05) is 15.7 Å². The van der Waals surface area contributed by atoms with E-state index in [2.05, 4.69) is 15.9 Å². The van der Waals surface area contributed by atoms with E-state index < -0.39 is 17.5 Å². The maximum absolute atomic E-state index is 13.1. The standard InChI is InChI=1S/C12H7BrF3N/c13-7-1-2-11(17)8(5-7)6-3-9(14)12(16)10(15)4-6/h1-5H,17H2. The molecule has 0 aliphatic carbocycles. The van der Waals surface area contributed by atoms with Crippen LogP contribution in [-0.4, -0.2) is 0 Å². The number of anilines is 1. The van der Waals surface area contributed by atoms with Crippen molar-refractivity contribution < 1.29 is 13.2 Å². The Labute approximate surface area is 104 Å². The van der Waals surface area contributed by atoms with Crippen LogP contribution in [0.3, 0.4) is 0 Å². The molecule has 5 heteroatoms. The van der Waals surface area contributed by atoms with E-state index in [1.807, 2.05) is 0 Å². The van der Waals surface area contributed by atoms with E-state index in [1.165, 1.54) is 0 Å². The smallest absolute Gasteiger partial charge is 0.194 e. The van der Waals surface area contributed by atoms with Crippen molar-refractivity contribution in [1.29, 1.82) is 0 Å².